The van der Waals surface area contributed by atoms with E-state index in [4.69, 9.17) is 0 Å². The lowest BCUT2D eigenvalue weighted by molar-refractivity contribution is -0.125. The van der Waals surface area contributed by atoms with Crippen LogP contribution in [0.5, 0.6) is 0 Å². The largest absolute Gasteiger partial charge is 0.349 e. The van der Waals surface area contributed by atoms with Crippen molar-refractivity contribution in [3.05, 3.63) is 29.3 Å². The molecule has 2 fully saturated rings. The summed E-state index contributed by atoms with van der Waals surface area (Å²) in [6.07, 6.45) is 7.60. The molecule has 1 aromatic rings. The summed E-state index contributed by atoms with van der Waals surface area (Å²) in [5, 5.41) is 3.18. The molecule has 0 unspecified atom stereocenters. The Bertz CT molecular complexity index is 825. The maximum absolute atomic E-state index is 12.9. The summed E-state index contributed by atoms with van der Waals surface area (Å²) >= 11 is 0. The summed E-state index contributed by atoms with van der Waals surface area (Å²) in [5.74, 6) is 0.259. The average Bonchev–Trinajstić information content (AvgIpc) is 3.33. The molecule has 0 aromatic heterocycles. The molecule has 1 amide bonds. The van der Waals surface area contributed by atoms with E-state index in [-0.39, 0.29) is 23.9 Å². The second-order valence-electron chi connectivity index (χ2n) is 8.64. The Morgan fingerprint density at radius 3 is 2.50 bits per heavy atom. The monoisotopic (exact) mass is 405 g/mol. The third-order valence-electron chi connectivity index (χ3n) is 6.59. The minimum atomic E-state index is -3.55. The van der Waals surface area contributed by atoms with E-state index in [2.05, 4.69) is 22.0 Å². The van der Waals surface area contributed by atoms with Gasteiger partial charge in [0.1, 0.15) is 0 Å². The van der Waals surface area contributed by atoms with Crippen molar-refractivity contribution in [3.8, 4) is 0 Å². The average molecular weight is 406 g/mol. The minimum absolute atomic E-state index is 0.00711. The summed E-state index contributed by atoms with van der Waals surface area (Å²) in [4.78, 5) is 15.1. The van der Waals surface area contributed by atoms with Gasteiger partial charge in [-0.3, -0.25) is 4.79 Å². The molecule has 1 aromatic carbocycles. The van der Waals surface area contributed by atoms with Crippen molar-refractivity contribution in [1.82, 2.24) is 14.9 Å². The fraction of sp³-hybridized carbons (Fsp3) is 0.667. The lowest BCUT2D eigenvalue weighted by Gasteiger charge is -2.29. The molecule has 1 aliphatic heterocycles. The Balaban J connectivity index is 1.47. The topological polar surface area (TPSA) is 78.5 Å². The Morgan fingerprint density at radius 1 is 1.07 bits per heavy atom. The summed E-state index contributed by atoms with van der Waals surface area (Å²) in [6, 6.07) is 5.32. The number of carbonyl (C=O) groups excluding carboxylic acids is 1. The number of piperidine rings is 1. The van der Waals surface area contributed by atoms with Crippen molar-refractivity contribution in [3.63, 3.8) is 0 Å². The van der Waals surface area contributed by atoms with Crippen molar-refractivity contribution in [2.45, 2.75) is 68.3 Å². The molecule has 0 spiro atoms. The van der Waals surface area contributed by atoms with E-state index in [1.807, 2.05) is 6.07 Å². The number of fused-ring (bicyclic) bond motifs is 1. The van der Waals surface area contributed by atoms with E-state index in [9.17, 15) is 13.2 Å². The van der Waals surface area contributed by atoms with Gasteiger partial charge in [0.2, 0.25) is 15.9 Å². The molecule has 2 N–H and O–H groups in total. The number of nitrogens with one attached hydrogen (secondary N) is 2. The summed E-state index contributed by atoms with van der Waals surface area (Å²) in [5.41, 5.74) is 2.12. The van der Waals surface area contributed by atoms with Gasteiger partial charge in [-0.2, -0.15) is 0 Å². The number of aryl methyl sites for hydroxylation is 1. The number of carbonyl (C=O) groups is 1. The number of hydrogen-bond donors (Lipinski definition) is 2. The van der Waals surface area contributed by atoms with E-state index in [1.54, 1.807) is 12.1 Å². The number of benzene rings is 1. The van der Waals surface area contributed by atoms with Gasteiger partial charge >= 0.3 is 0 Å². The standard InChI is InChI=1S/C21H31N3O3S/c1-24-12-10-17(11-13-24)23-28(26,27)18-8-6-15-7-9-20(19(15)14-18)22-21(25)16-4-2-3-5-16/h6,8,14,16-17,20,23H,2-5,7,9-13H2,1H3,(H,22,25)/t20-/m0/s1. The molecule has 4 rings (SSSR count). The molecule has 1 saturated carbocycles. The van der Waals surface area contributed by atoms with Crippen LogP contribution in [-0.2, 0) is 21.2 Å². The van der Waals surface area contributed by atoms with Crippen molar-refractivity contribution in [2.75, 3.05) is 20.1 Å². The van der Waals surface area contributed by atoms with Crippen molar-refractivity contribution in [1.29, 1.82) is 0 Å². The molecule has 1 saturated heterocycles. The van der Waals surface area contributed by atoms with Gasteiger partial charge in [-0.25, -0.2) is 13.1 Å². The third-order valence-corrected chi connectivity index (χ3v) is 8.11. The van der Waals surface area contributed by atoms with E-state index >= 15 is 0 Å². The van der Waals surface area contributed by atoms with Gasteiger partial charge in [0.05, 0.1) is 10.9 Å². The zero-order valence-electron chi connectivity index (χ0n) is 16.6. The third kappa shape index (κ3) is 4.26. The van der Waals surface area contributed by atoms with Gasteiger partial charge in [0, 0.05) is 12.0 Å². The molecule has 0 radical (unpaired) electrons. The van der Waals surface area contributed by atoms with Crippen LogP contribution < -0.4 is 10.0 Å². The number of amides is 1. The van der Waals surface area contributed by atoms with Crippen molar-refractivity contribution < 1.29 is 13.2 Å². The van der Waals surface area contributed by atoms with Crippen molar-refractivity contribution >= 4 is 15.9 Å². The minimum Gasteiger partial charge on any atom is -0.349 e. The van der Waals surface area contributed by atoms with Gasteiger partial charge in [-0.1, -0.05) is 18.9 Å². The molecular weight excluding hydrogens is 374 g/mol. The molecular formula is C21H31N3O3S. The highest BCUT2D eigenvalue weighted by Crippen LogP contribution is 2.34. The normalized spacial score (nSPS) is 24.4. The zero-order valence-corrected chi connectivity index (χ0v) is 17.4. The van der Waals surface area contributed by atoms with Crippen LogP contribution in [0.3, 0.4) is 0 Å². The Hall–Kier alpha value is -1.44. The lowest BCUT2D eigenvalue weighted by atomic mass is 10.0. The summed E-state index contributed by atoms with van der Waals surface area (Å²) < 4.78 is 28.7. The van der Waals surface area contributed by atoms with Crippen LogP contribution in [-0.4, -0.2) is 45.4 Å². The van der Waals surface area contributed by atoms with Gasteiger partial charge < -0.3 is 10.2 Å². The molecule has 1 atom stereocenters. The number of likely N-dealkylation sites (tertiary alicyclic amines) is 1. The lowest BCUT2D eigenvalue weighted by Crippen LogP contribution is -2.43. The molecule has 2 aliphatic carbocycles. The first-order valence-electron chi connectivity index (χ1n) is 10.6. The second kappa shape index (κ2) is 8.13. The summed E-state index contributed by atoms with van der Waals surface area (Å²) in [7, 11) is -1.49. The van der Waals surface area contributed by atoms with Crippen LogP contribution in [0.25, 0.3) is 0 Å². The Kier molecular flexibility index (Phi) is 5.76. The number of sulfonamides is 1. The van der Waals surface area contributed by atoms with E-state index in [1.165, 1.54) is 0 Å². The first-order chi connectivity index (χ1) is 13.4. The van der Waals surface area contributed by atoms with Gasteiger partial charge in [-0.15, -0.1) is 0 Å². The molecule has 7 heteroatoms. The highest BCUT2D eigenvalue weighted by Gasteiger charge is 2.30. The van der Waals surface area contributed by atoms with Crippen LogP contribution >= 0.6 is 0 Å². The highest BCUT2D eigenvalue weighted by molar-refractivity contribution is 7.89. The molecule has 0 bridgehead atoms. The quantitative estimate of drug-likeness (QED) is 0.788. The fourth-order valence-corrected chi connectivity index (χ4v) is 6.13. The van der Waals surface area contributed by atoms with Crippen LogP contribution in [0.4, 0.5) is 0 Å². The second-order valence-corrected chi connectivity index (χ2v) is 10.4. The predicted octanol–water partition coefficient (Wildman–Crippen LogP) is 2.35. The molecule has 154 valence electrons. The molecule has 6 nitrogen and oxygen atoms in total. The molecule has 3 aliphatic rings. The van der Waals surface area contributed by atoms with Crippen LogP contribution in [0, 0.1) is 5.92 Å². The summed E-state index contributed by atoms with van der Waals surface area (Å²) in [6.45, 7) is 1.82. The van der Waals surface area contributed by atoms with Gasteiger partial charge in [-0.05, 0) is 81.9 Å². The maximum Gasteiger partial charge on any atom is 0.240 e. The number of hydrogen-bond acceptors (Lipinski definition) is 4. The smallest absolute Gasteiger partial charge is 0.240 e. The van der Waals surface area contributed by atoms with Gasteiger partial charge in [0.15, 0.2) is 0 Å². The van der Waals surface area contributed by atoms with E-state index in [0.29, 0.717) is 4.90 Å². The molecule has 28 heavy (non-hydrogen) atoms. The van der Waals surface area contributed by atoms with Gasteiger partial charge in [0.25, 0.3) is 0 Å². The zero-order chi connectivity index (χ0) is 19.7. The van der Waals surface area contributed by atoms with E-state index < -0.39 is 10.0 Å². The van der Waals surface area contributed by atoms with E-state index in [0.717, 1.165) is 75.6 Å². The predicted molar refractivity (Wildman–Crippen MR) is 108 cm³/mol. The first-order valence-corrected chi connectivity index (χ1v) is 12.0. The van der Waals surface area contributed by atoms with Crippen LogP contribution in [0.15, 0.2) is 23.1 Å². The SMILES string of the molecule is CN1CCC(NS(=O)(=O)c2ccc3c(c2)[C@@H](NC(=O)C2CCCC2)CC3)CC1. The maximum atomic E-state index is 12.9. The van der Waals surface area contributed by atoms with Crippen LogP contribution in [0.1, 0.15) is 62.1 Å². The Labute approximate surface area is 168 Å². The number of rotatable bonds is 5. The molecule has 1 heterocycles. The number of nitrogens with zero attached hydrogens (tertiary/aromatic N) is 1. The van der Waals surface area contributed by atoms with Crippen LogP contribution in [0.2, 0.25) is 0 Å². The Morgan fingerprint density at radius 2 is 1.79 bits per heavy atom. The van der Waals surface area contributed by atoms with Crippen molar-refractivity contribution in [2.24, 2.45) is 5.92 Å². The first kappa shape index (κ1) is 19.9. The fourth-order valence-electron chi connectivity index (χ4n) is 4.79. The highest BCUT2D eigenvalue weighted by atomic mass is 32.2.